The Labute approximate surface area is 119 Å². The molecule has 98 valence electrons. The highest BCUT2D eigenvalue weighted by molar-refractivity contribution is 9.10. The predicted molar refractivity (Wildman–Crippen MR) is 72.7 cm³/mol. The van der Waals surface area contributed by atoms with Gasteiger partial charge in [-0.3, -0.25) is 4.79 Å². The van der Waals surface area contributed by atoms with Crippen LogP contribution in [0.1, 0.15) is 23.2 Å². The molecule has 1 aliphatic rings. The topological polar surface area (TPSA) is 53.4 Å². The number of carbonyl (C=O) groups is 1. The van der Waals surface area contributed by atoms with Crippen molar-refractivity contribution in [3.8, 4) is 0 Å². The standard InChI is InChI=1S/C12H14BrClN2O2/c13-9-4-10(11(14)15-5-9)12(18)16-3-1-2-8(6-16)7-17/h4-5,8,17H,1-3,6-7H2. The van der Waals surface area contributed by atoms with Gasteiger partial charge in [-0.15, -0.1) is 0 Å². The maximum absolute atomic E-state index is 12.3. The molecule has 1 amide bonds. The summed E-state index contributed by atoms with van der Waals surface area (Å²) in [6, 6.07) is 1.68. The summed E-state index contributed by atoms with van der Waals surface area (Å²) in [4.78, 5) is 18.0. The van der Waals surface area contributed by atoms with Crippen molar-refractivity contribution in [3.05, 3.63) is 27.5 Å². The van der Waals surface area contributed by atoms with Crippen LogP contribution in [-0.2, 0) is 0 Å². The second-order valence-corrected chi connectivity index (χ2v) is 5.71. The van der Waals surface area contributed by atoms with E-state index in [0.29, 0.717) is 18.7 Å². The Hall–Kier alpha value is -0.650. The summed E-state index contributed by atoms with van der Waals surface area (Å²) >= 11 is 9.23. The predicted octanol–water partition coefficient (Wildman–Crippen LogP) is 2.34. The normalized spacial score (nSPS) is 19.9. The van der Waals surface area contributed by atoms with Gasteiger partial charge in [-0.05, 0) is 40.8 Å². The molecule has 18 heavy (non-hydrogen) atoms. The van der Waals surface area contributed by atoms with E-state index in [0.717, 1.165) is 17.3 Å². The van der Waals surface area contributed by atoms with Crippen molar-refractivity contribution in [2.24, 2.45) is 5.92 Å². The summed E-state index contributed by atoms with van der Waals surface area (Å²) in [5.41, 5.74) is 0.407. The number of aromatic nitrogens is 1. The molecule has 1 saturated heterocycles. The van der Waals surface area contributed by atoms with E-state index in [1.165, 1.54) is 0 Å². The van der Waals surface area contributed by atoms with Crippen molar-refractivity contribution < 1.29 is 9.90 Å². The van der Waals surface area contributed by atoms with Crippen LogP contribution < -0.4 is 0 Å². The number of nitrogens with zero attached hydrogens (tertiary/aromatic N) is 2. The lowest BCUT2D eigenvalue weighted by atomic mass is 9.98. The largest absolute Gasteiger partial charge is 0.396 e. The molecule has 1 aromatic rings. The Kier molecular flexibility index (Phi) is 4.59. The zero-order chi connectivity index (χ0) is 13.1. The Morgan fingerprint density at radius 1 is 1.67 bits per heavy atom. The molecule has 1 aliphatic heterocycles. The van der Waals surface area contributed by atoms with E-state index >= 15 is 0 Å². The summed E-state index contributed by atoms with van der Waals surface area (Å²) in [7, 11) is 0. The van der Waals surface area contributed by atoms with Crippen LogP contribution in [0.3, 0.4) is 0 Å². The number of carbonyl (C=O) groups excluding carboxylic acids is 1. The first-order chi connectivity index (χ1) is 8.61. The third-order valence-corrected chi connectivity index (χ3v) is 3.84. The number of pyridine rings is 1. The van der Waals surface area contributed by atoms with Crippen LogP contribution in [0.15, 0.2) is 16.7 Å². The lowest BCUT2D eigenvalue weighted by Gasteiger charge is -2.32. The molecule has 0 saturated carbocycles. The number of rotatable bonds is 2. The third kappa shape index (κ3) is 3.02. The SMILES string of the molecule is O=C(c1cc(Br)cnc1Cl)N1CCCC(CO)C1. The van der Waals surface area contributed by atoms with E-state index in [1.807, 2.05) is 0 Å². The first-order valence-corrected chi connectivity index (χ1v) is 7.00. The second-order valence-electron chi connectivity index (χ2n) is 4.43. The first-order valence-electron chi connectivity index (χ1n) is 5.83. The molecule has 1 aromatic heterocycles. The number of piperidine rings is 1. The number of likely N-dealkylation sites (tertiary alicyclic amines) is 1. The van der Waals surface area contributed by atoms with Gasteiger partial charge in [0.1, 0.15) is 5.15 Å². The number of hydrogen-bond donors (Lipinski definition) is 1. The van der Waals surface area contributed by atoms with Gasteiger partial charge in [0.25, 0.3) is 5.91 Å². The molecule has 1 fully saturated rings. The maximum atomic E-state index is 12.3. The van der Waals surface area contributed by atoms with Gasteiger partial charge in [0, 0.05) is 30.4 Å². The van der Waals surface area contributed by atoms with Crippen molar-refractivity contribution >= 4 is 33.4 Å². The van der Waals surface area contributed by atoms with Crippen molar-refractivity contribution in [1.29, 1.82) is 0 Å². The quantitative estimate of drug-likeness (QED) is 0.845. The molecule has 6 heteroatoms. The van der Waals surface area contributed by atoms with E-state index in [1.54, 1.807) is 17.2 Å². The highest BCUT2D eigenvalue weighted by Gasteiger charge is 2.25. The van der Waals surface area contributed by atoms with E-state index in [9.17, 15) is 9.90 Å². The van der Waals surface area contributed by atoms with E-state index in [4.69, 9.17) is 11.6 Å². The van der Waals surface area contributed by atoms with Crippen LogP contribution in [0.4, 0.5) is 0 Å². The molecule has 0 aromatic carbocycles. The average molecular weight is 334 g/mol. The van der Waals surface area contributed by atoms with E-state index in [2.05, 4.69) is 20.9 Å². The average Bonchev–Trinajstić information content (AvgIpc) is 2.41. The number of aliphatic hydroxyl groups is 1. The van der Waals surface area contributed by atoms with Crippen molar-refractivity contribution in [1.82, 2.24) is 9.88 Å². The number of aliphatic hydroxyl groups excluding tert-OH is 1. The molecular formula is C12H14BrClN2O2. The van der Waals surface area contributed by atoms with Gasteiger partial charge in [0.15, 0.2) is 0 Å². The Bertz CT molecular complexity index is 456. The molecule has 0 radical (unpaired) electrons. The summed E-state index contributed by atoms with van der Waals surface area (Å²) in [5, 5.41) is 9.39. The van der Waals surface area contributed by atoms with Crippen LogP contribution in [0.2, 0.25) is 5.15 Å². The number of hydrogen-bond acceptors (Lipinski definition) is 3. The van der Waals surface area contributed by atoms with Gasteiger partial charge in [0.05, 0.1) is 5.56 Å². The number of amides is 1. The van der Waals surface area contributed by atoms with Gasteiger partial charge < -0.3 is 10.0 Å². The highest BCUT2D eigenvalue weighted by atomic mass is 79.9. The molecule has 4 nitrogen and oxygen atoms in total. The minimum Gasteiger partial charge on any atom is -0.396 e. The minimum absolute atomic E-state index is 0.119. The second kappa shape index (κ2) is 5.99. The molecule has 0 aliphatic carbocycles. The Morgan fingerprint density at radius 3 is 3.17 bits per heavy atom. The van der Waals surface area contributed by atoms with Gasteiger partial charge >= 0.3 is 0 Å². The molecule has 0 spiro atoms. The first kappa shape index (κ1) is 13.8. The fraction of sp³-hybridized carbons (Fsp3) is 0.500. The Morgan fingerprint density at radius 2 is 2.44 bits per heavy atom. The van der Waals surface area contributed by atoms with Gasteiger partial charge in [-0.25, -0.2) is 4.98 Å². The van der Waals surface area contributed by atoms with Crippen LogP contribution in [-0.4, -0.2) is 40.6 Å². The molecule has 2 rings (SSSR count). The smallest absolute Gasteiger partial charge is 0.257 e. The minimum atomic E-state index is -0.119. The molecule has 1 N–H and O–H groups in total. The zero-order valence-electron chi connectivity index (χ0n) is 9.77. The fourth-order valence-electron chi connectivity index (χ4n) is 2.14. The van der Waals surface area contributed by atoms with Crippen molar-refractivity contribution in [2.75, 3.05) is 19.7 Å². The highest BCUT2D eigenvalue weighted by Crippen LogP contribution is 2.23. The summed E-state index contributed by atoms with van der Waals surface area (Å²) in [5.74, 6) is 0.0496. The van der Waals surface area contributed by atoms with E-state index in [-0.39, 0.29) is 23.6 Å². The molecule has 2 heterocycles. The lowest BCUT2D eigenvalue weighted by molar-refractivity contribution is 0.0620. The molecule has 0 bridgehead atoms. The lowest BCUT2D eigenvalue weighted by Crippen LogP contribution is -2.41. The maximum Gasteiger partial charge on any atom is 0.257 e. The van der Waals surface area contributed by atoms with Crippen LogP contribution in [0.5, 0.6) is 0 Å². The fourth-order valence-corrected chi connectivity index (χ4v) is 2.66. The van der Waals surface area contributed by atoms with E-state index < -0.39 is 0 Å². The third-order valence-electron chi connectivity index (χ3n) is 3.10. The van der Waals surface area contributed by atoms with Crippen molar-refractivity contribution in [2.45, 2.75) is 12.8 Å². The van der Waals surface area contributed by atoms with Crippen molar-refractivity contribution in [3.63, 3.8) is 0 Å². The number of halogens is 2. The summed E-state index contributed by atoms with van der Waals surface area (Å²) in [6.07, 6.45) is 3.44. The summed E-state index contributed by atoms with van der Waals surface area (Å²) < 4.78 is 0.728. The summed E-state index contributed by atoms with van der Waals surface area (Å²) in [6.45, 7) is 1.41. The van der Waals surface area contributed by atoms with Gasteiger partial charge in [-0.1, -0.05) is 11.6 Å². The van der Waals surface area contributed by atoms with Crippen LogP contribution in [0.25, 0.3) is 0 Å². The van der Waals surface area contributed by atoms with Gasteiger partial charge in [-0.2, -0.15) is 0 Å². The molecular weight excluding hydrogens is 320 g/mol. The molecule has 1 atom stereocenters. The monoisotopic (exact) mass is 332 g/mol. The Balaban J connectivity index is 2.17. The van der Waals surface area contributed by atoms with Crippen LogP contribution >= 0.6 is 27.5 Å². The van der Waals surface area contributed by atoms with Gasteiger partial charge in [0.2, 0.25) is 0 Å². The van der Waals surface area contributed by atoms with Crippen LogP contribution in [0, 0.1) is 5.92 Å². The molecule has 1 unspecified atom stereocenters. The zero-order valence-corrected chi connectivity index (χ0v) is 12.1.